The lowest BCUT2D eigenvalue weighted by Gasteiger charge is -2.01. The molecule has 0 aliphatic heterocycles. The third kappa shape index (κ3) is 3.02. The Balaban J connectivity index is 1.80. The summed E-state index contributed by atoms with van der Waals surface area (Å²) in [4.78, 5) is 15.9. The van der Waals surface area contributed by atoms with Crippen molar-refractivity contribution in [3.05, 3.63) is 102 Å². The second kappa shape index (κ2) is 6.62. The molecule has 1 N–H and O–H groups in total. The van der Waals surface area contributed by atoms with Crippen LogP contribution >= 0.6 is 0 Å². The summed E-state index contributed by atoms with van der Waals surface area (Å²) in [5.74, 6) is 0.00453. The number of para-hydroxylation sites is 1. The van der Waals surface area contributed by atoms with Crippen LogP contribution in [0, 0.1) is 0 Å². The predicted molar refractivity (Wildman–Crippen MR) is 104 cm³/mol. The summed E-state index contributed by atoms with van der Waals surface area (Å²) in [5, 5.41) is 1.11. The van der Waals surface area contributed by atoms with Gasteiger partial charge in [-0.15, -0.1) is 0 Å². The van der Waals surface area contributed by atoms with Crippen molar-refractivity contribution in [1.82, 2.24) is 4.98 Å². The Morgan fingerprint density at radius 3 is 2.16 bits per heavy atom. The molecule has 2 heteroatoms. The number of aromatic nitrogens is 1. The summed E-state index contributed by atoms with van der Waals surface area (Å²) in [5.41, 5.74) is 4.92. The SMILES string of the molecule is O=C(/C=C/c1c(-c2ccccc2)[nH]c2ccccc12)c1ccccc1. The molecule has 4 rings (SSSR count). The molecule has 0 atom stereocenters. The van der Waals surface area contributed by atoms with Crippen molar-refractivity contribution in [2.24, 2.45) is 0 Å². The van der Waals surface area contributed by atoms with Gasteiger partial charge >= 0.3 is 0 Å². The van der Waals surface area contributed by atoms with Gasteiger partial charge in [0.2, 0.25) is 0 Å². The molecule has 0 saturated carbocycles. The van der Waals surface area contributed by atoms with E-state index in [4.69, 9.17) is 0 Å². The number of hydrogen-bond acceptors (Lipinski definition) is 1. The summed E-state index contributed by atoms with van der Waals surface area (Å²) in [6, 6.07) is 27.7. The minimum Gasteiger partial charge on any atom is -0.354 e. The van der Waals surface area contributed by atoms with Crippen LogP contribution in [0.3, 0.4) is 0 Å². The van der Waals surface area contributed by atoms with E-state index in [0.29, 0.717) is 5.56 Å². The monoisotopic (exact) mass is 323 g/mol. The summed E-state index contributed by atoms with van der Waals surface area (Å²) in [6.45, 7) is 0. The standard InChI is InChI=1S/C23H17NO/c25-22(17-9-3-1-4-10-17)16-15-20-19-13-7-8-14-21(19)24-23(20)18-11-5-2-6-12-18/h1-16,24H/b16-15+. The Labute approximate surface area is 146 Å². The average Bonchev–Trinajstić information content (AvgIpc) is 3.06. The Morgan fingerprint density at radius 1 is 0.760 bits per heavy atom. The van der Waals surface area contributed by atoms with Gasteiger partial charge in [0.25, 0.3) is 0 Å². The lowest BCUT2D eigenvalue weighted by Crippen LogP contribution is -1.92. The minimum atomic E-state index is 0.00453. The molecule has 120 valence electrons. The van der Waals surface area contributed by atoms with Gasteiger partial charge in [-0.2, -0.15) is 0 Å². The fourth-order valence-electron chi connectivity index (χ4n) is 3.03. The summed E-state index contributed by atoms with van der Waals surface area (Å²) in [6.07, 6.45) is 3.56. The molecule has 0 spiro atoms. The molecule has 1 aromatic heterocycles. The first-order valence-corrected chi connectivity index (χ1v) is 8.26. The van der Waals surface area contributed by atoms with Crippen LogP contribution in [0.4, 0.5) is 0 Å². The predicted octanol–water partition coefficient (Wildman–Crippen LogP) is 5.73. The molecule has 0 radical (unpaired) electrons. The fourth-order valence-corrected chi connectivity index (χ4v) is 3.03. The highest BCUT2D eigenvalue weighted by molar-refractivity contribution is 6.08. The van der Waals surface area contributed by atoms with E-state index in [0.717, 1.165) is 27.7 Å². The highest BCUT2D eigenvalue weighted by atomic mass is 16.1. The molecular formula is C23H17NO. The van der Waals surface area contributed by atoms with E-state index in [1.54, 1.807) is 6.08 Å². The van der Waals surface area contributed by atoms with Crippen LogP contribution in [0.15, 0.2) is 91.0 Å². The van der Waals surface area contributed by atoms with Crippen LogP contribution in [0.5, 0.6) is 0 Å². The van der Waals surface area contributed by atoms with Crippen molar-refractivity contribution >= 4 is 22.8 Å². The number of rotatable bonds is 4. The molecule has 0 saturated heterocycles. The van der Waals surface area contributed by atoms with E-state index in [-0.39, 0.29) is 5.78 Å². The van der Waals surface area contributed by atoms with Crippen molar-refractivity contribution in [2.75, 3.05) is 0 Å². The molecule has 2 nitrogen and oxygen atoms in total. The molecule has 0 amide bonds. The van der Waals surface area contributed by atoms with E-state index in [2.05, 4.69) is 29.2 Å². The zero-order chi connectivity index (χ0) is 17.1. The minimum absolute atomic E-state index is 0.00453. The second-order valence-electron chi connectivity index (χ2n) is 5.89. The van der Waals surface area contributed by atoms with Crippen LogP contribution in [0.25, 0.3) is 28.2 Å². The first-order chi connectivity index (χ1) is 12.3. The number of aromatic amines is 1. The Hall–Kier alpha value is -3.39. The summed E-state index contributed by atoms with van der Waals surface area (Å²) >= 11 is 0. The summed E-state index contributed by atoms with van der Waals surface area (Å²) in [7, 11) is 0. The molecule has 3 aromatic carbocycles. The van der Waals surface area contributed by atoms with Crippen molar-refractivity contribution < 1.29 is 4.79 Å². The van der Waals surface area contributed by atoms with Crippen LogP contribution in [0.1, 0.15) is 15.9 Å². The number of nitrogens with one attached hydrogen (secondary N) is 1. The third-order valence-corrected chi connectivity index (χ3v) is 4.27. The van der Waals surface area contributed by atoms with Gasteiger partial charge in [-0.05, 0) is 23.8 Å². The topological polar surface area (TPSA) is 32.9 Å². The molecule has 4 aromatic rings. The smallest absolute Gasteiger partial charge is 0.185 e. The maximum Gasteiger partial charge on any atom is 0.185 e. The van der Waals surface area contributed by atoms with Crippen molar-refractivity contribution in [3.63, 3.8) is 0 Å². The summed E-state index contributed by atoms with van der Waals surface area (Å²) < 4.78 is 0. The Bertz CT molecular complexity index is 1040. The number of hydrogen-bond donors (Lipinski definition) is 1. The number of carbonyl (C=O) groups excluding carboxylic acids is 1. The van der Waals surface area contributed by atoms with Crippen LogP contribution in [-0.2, 0) is 0 Å². The third-order valence-electron chi connectivity index (χ3n) is 4.27. The number of carbonyl (C=O) groups is 1. The number of H-pyrrole nitrogens is 1. The first kappa shape index (κ1) is 15.2. The Morgan fingerprint density at radius 2 is 1.40 bits per heavy atom. The van der Waals surface area contributed by atoms with Gasteiger partial charge in [-0.1, -0.05) is 78.9 Å². The maximum absolute atomic E-state index is 12.4. The highest BCUT2D eigenvalue weighted by Gasteiger charge is 2.11. The normalized spacial score (nSPS) is 11.2. The zero-order valence-corrected chi connectivity index (χ0v) is 13.6. The maximum atomic E-state index is 12.4. The van der Waals surface area contributed by atoms with Crippen molar-refractivity contribution in [2.45, 2.75) is 0 Å². The molecule has 0 fully saturated rings. The van der Waals surface area contributed by atoms with E-state index in [1.165, 1.54) is 0 Å². The first-order valence-electron chi connectivity index (χ1n) is 8.26. The number of fused-ring (bicyclic) bond motifs is 1. The molecule has 0 unspecified atom stereocenters. The average molecular weight is 323 g/mol. The number of benzene rings is 3. The molecule has 0 aliphatic rings. The van der Waals surface area contributed by atoms with Gasteiger partial charge in [0.15, 0.2) is 5.78 Å². The second-order valence-corrected chi connectivity index (χ2v) is 5.89. The van der Waals surface area contributed by atoms with Gasteiger partial charge in [0, 0.05) is 22.0 Å². The number of ketones is 1. The molecule has 0 bridgehead atoms. The van der Waals surface area contributed by atoms with E-state index < -0.39 is 0 Å². The van der Waals surface area contributed by atoms with Gasteiger partial charge < -0.3 is 4.98 Å². The fraction of sp³-hybridized carbons (Fsp3) is 0. The molecule has 0 aliphatic carbocycles. The molecule has 1 heterocycles. The molecule has 25 heavy (non-hydrogen) atoms. The van der Waals surface area contributed by atoms with Gasteiger partial charge in [-0.25, -0.2) is 0 Å². The van der Waals surface area contributed by atoms with Crippen LogP contribution in [0.2, 0.25) is 0 Å². The van der Waals surface area contributed by atoms with Crippen molar-refractivity contribution in [3.8, 4) is 11.3 Å². The van der Waals surface area contributed by atoms with Crippen molar-refractivity contribution in [1.29, 1.82) is 0 Å². The largest absolute Gasteiger partial charge is 0.354 e. The number of allylic oxidation sites excluding steroid dienone is 1. The highest BCUT2D eigenvalue weighted by Crippen LogP contribution is 2.31. The van der Waals surface area contributed by atoms with Gasteiger partial charge in [-0.3, -0.25) is 4.79 Å². The van der Waals surface area contributed by atoms with Gasteiger partial charge in [0.1, 0.15) is 0 Å². The Kier molecular flexibility index (Phi) is 4.01. The van der Waals surface area contributed by atoms with Crippen LogP contribution < -0.4 is 0 Å². The van der Waals surface area contributed by atoms with Crippen LogP contribution in [-0.4, -0.2) is 10.8 Å². The van der Waals surface area contributed by atoms with Gasteiger partial charge in [0.05, 0.1) is 5.69 Å². The lowest BCUT2D eigenvalue weighted by atomic mass is 10.0. The molecular weight excluding hydrogens is 306 g/mol. The van der Waals surface area contributed by atoms with E-state index in [9.17, 15) is 4.79 Å². The van der Waals surface area contributed by atoms with E-state index in [1.807, 2.05) is 66.7 Å². The zero-order valence-electron chi connectivity index (χ0n) is 13.6. The lowest BCUT2D eigenvalue weighted by molar-refractivity contribution is 0.104. The quantitative estimate of drug-likeness (QED) is 0.377. The van der Waals surface area contributed by atoms with E-state index >= 15 is 0 Å².